The van der Waals surface area contributed by atoms with Crippen LogP contribution in [0.15, 0.2) is 30.7 Å². The molecule has 0 amide bonds. The smallest absolute Gasteiger partial charge is 0.316 e. The Balaban J connectivity index is 2.29. The van der Waals surface area contributed by atoms with Crippen molar-refractivity contribution in [2.75, 3.05) is 7.05 Å². The molecule has 2 aromatic heterocycles. The zero-order valence-corrected chi connectivity index (χ0v) is 10.1. The van der Waals surface area contributed by atoms with Crippen LogP contribution in [0.5, 0.6) is 0 Å². The number of rotatable bonds is 3. The molecule has 0 unspecified atom stereocenters. The highest BCUT2D eigenvalue weighted by atomic mass is 19.4. The molecular weight excluding hydrogens is 257 g/mol. The summed E-state index contributed by atoms with van der Waals surface area (Å²) in [6.45, 7) is 0.650. The van der Waals surface area contributed by atoms with E-state index in [-0.39, 0.29) is 0 Å². The van der Waals surface area contributed by atoms with Crippen LogP contribution in [-0.2, 0) is 12.7 Å². The Morgan fingerprint density at radius 2 is 1.84 bits per heavy atom. The predicted molar refractivity (Wildman–Crippen MR) is 63.0 cm³/mol. The number of nitrogens with one attached hydrogen (secondary N) is 1. The number of pyridine rings is 1. The third kappa shape index (κ3) is 3.25. The molecule has 0 fully saturated rings. The first-order chi connectivity index (χ1) is 9.00. The Kier molecular flexibility index (Phi) is 3.75. The summed E-state index contributed by atoms with van der Waals surface area (Å²) in [6.07, 6.45) is -0.678. The third-order valence-corrected chi connectivity index (χ3v) is 2.41. The zero-order chi connectivity index (χ0) is 13.9. The molecule has 100 valence electrons. The van der Waals surface area contributed by atoms with Crippen LogP contribution in [0.4, 0.5) is 13.2 Å². The van der Waals surface area contributed by atoms with Crippen LogP contribution in [0.2, 0.25) is 0 Å². The van der Waals surface area contributed by atoms with Gasteiger partial charge in [-0.05, 0) is 24.7 Å². The summed E-state index contributed by atoms with van der Waals surface area (Å²) in [6, 6.07) is 3.60. The molecule has 2 rings (SSSR count). The van der Waals surface area contributed by atoms with Gasteiger partial charge in [0.1, 0.15) is 0 Å². The van der Waals surface area contributed by atoms with Crippen molar-refractivity contribution in [3.8, 4) is 11.3 Å². The Bertz CT molecular complexity index is 552. The first-order valence-corrected chi connectivity index (χ1v) is 5.50. The lowest BCUT2D eigenvalue weighted by molar-refractivity contribution is -0.144. The molecule has 19 heavy (non-hydrogen) atoms. The number of halogens is 3. The van der Waals surface area contributed by atoms with Gasteiger partial charge in [0.15, 0.2) is 0 Å². The van der Waals surface area contributed by atoms with E-state index in [0.717, 1.165) is 18.0 Å². The van der Waals surface area contributed by atoms with Gasteiger partial charge >= 0.3 is 6.18 Å². The molecule has 0 radical (unpaired) electrons. The van der Waals surface area contributed by atoms with Gasteiger partial charge in [-0.15, -0.1) is 0 Å². The van der Waals surface area contributed by atoms with E-state index in [0.29, 0.717) is 17.8 Å². The molecule has 4 nitrogen and oxygen atoms in total. The summed E-state index contributed by atoms with van der Waals surface area (Å²) in [7, 11) is 1.81. The van der Waals surface area contributed by atoms with E-state index in [1.54, 1.807) is 19.3 Å². The molecule has 2 heterocycles. The average Bonchev–Trinajstić information content (AvgIpc) is 2.39. The molecule has 0 aromatic carbocycles. The van der Waals surface area contributed by atoms with Crippen LogP contribution in [-0.4, -0.2) is 22.0 Å². The summed E-state index contributed by atoms with van der Waals surface area (Å²) < 4.78 is 37.0. The summed E-state index contributed by atoms with van der Waals surface area (Å²) in [5.74, 6) is -1.15. The van der Waals surface area contributed by atoms with Gasteiger partial charge in [-0.2, -0.15) is 13.2 Å². The first-order valence-electron chi connectivity index (χ1n) is 5.50. The van der Waals surface area contributed by atoms with Crippen molar-refractivity contribution in [3.63, 3.8) is 0 Å². The third-order valence-electron chi connectivity index (χ3n) is 2.41. The summed E-state index contributed by atoms with van der Waals surface area (Å²) in [5.41, 5.74) is 1.97. The van der Waals surface area contributed by atoms with Crippen molar-refractivity contribution in [1.29, 1.82) is 0 Å². The van der Waals surface area contributed by atoms with E-state index in [1.807, 2.05) is 6.07 Å². The van der Waals surface area contributed by atoms with E-state index in [4.69, 9.17) is 0 Å². The maximum atomic E-state index is 12.3. The fraction of sp³-hybridized carbons (Fsp3) is 0.250. The Labute approximate surface area is 107 Å². The second kappa shape index (κ2) is 5.31. The van der Waals surface area contributed by atoms with Crippen molar-refractivity contribution in [1.82, 2.24) is 20.3 Å². The van der Waals surface area contributed by atoms with Gasteiger partial charge in [0.05, 0.1) is 5.69 Å². The van der Waals surface area contributed by atoms with Gasteiger partial charge in [0, 0.05) is 30.7 Å². The topological polar surface area (TPSA) is 50.7 Å². The molecule has 0 saturated heterocycles. The monoisotopic (exact) mass is 268 g/mol. The SMILES string of the molecule is CNCc1ccnc(-c2cnc(C(F)(F)F)nc2)c1. The van der Waals surface area contributed by atoms with E-state index in [1.165, 1.54) is 0 Å². The molecule has 0 atom stereocenters. The fourth-order valence-corrected chi connectivity index (χ4v) is 1.55. The minimum atomic E-state index is -4.53. The summed E-state index contributed by atoms with van der Waals surface area (Å²) in [5, 5.41) is 2.98. The lowest BCUT2D eigenvalue weighted by Crippen LogP contribution is -2.10. The molecule has 1 N–H and O–H groups in total. The van der Waals surface area contributed by atoms with Crippen molar-refractivity contribution in [3.05, 3.63) is 42.1 Å². The van der Waals surface area contributed by atoms with Gasteiger partial charge in [0.25, 0.3) is 0 Å². The van der Waals surface area contributed by atoms with Crippen LogP contribution < -0.4 is 5.32 Å². The van der Waals surface area contributed by atoms with Crippen LogP contribution in [0.1, 0.15) is 11.4 Å². The van der Waals surface area contributed by atoms with Gasteiger partial charge in [-0.25, -0.2) is 9.97 Å². The second-order valence-electron chi connectivity index (χ2n) is 3.87. The van der Waals surface area contributed by atoms with Gasteiger partial charge in [-0.1, -0.05) is 0 Å². The normalized spacial score (nSPS) is 11.6. The molecular formula is C12H11F3N4. The standard InChI is InChI=1S/C12H11F3N4/c1-16-5-8-2-3-17-10(4-8)9-6-18-11(19-7-9)12(13,14)15/h2-4,6-7,16H,5H2,1H3. The molecule has 0 spiro atoms. The predicted octanol–water partition coefficient (Wildman–Crippen LogP) is 2.28. The lowest BCUT2D eigenvalue weighted by atomic mass is 10.1. The zero-order valence-electron chi connectivity index (χ0n) is 10.1. The number of aromatic nitrogens is 3. The first kappa shape index (κ1) is 13.4. The highest BCUT2D eigenvalue weighted by molar-refractivity contribution is 5.57. The van der Waals surface area contributed by atoms with Gasteiger partial charge < -0.3 is 5.32 Å². The number of hydrogen-bond acceptors (Lipinski definition) is 4. The quantitative estimate of drug-likeness (QED) is 0.927. The highest BCUT2D eigenvalue weighted by Gasteiger charge is 2.34. The van der Waals surface area contributed by atoms with E-state index >= 15 is 0 Å². The van der Waals surface area contributed by atoms with E-state index in [2.05, 4.69) is 20.3 Å². The van der Waals surface area contributed by atoms with Crippen LogP contribution >= 0.6 is 0 Å². The molecule has 0 aliphatic heterocycles. The van der Waals surface area contributed by atoms with Crippen LogP contribution in [0, 0.1) is 0 Å². The van der Waals surface area contributed by atoms with E-state index < -0.39 is 12.0 Å². The Morgan fingerprint density at radius 1 is 1.16 bits per heavy atom. The minimum Gasteiger partial charge on any atom is -0.316 e. The number of alkyl halides is 3. The van der Waals surface area contributed by atoms with Crippen LogP contribution in [0.25, 0.3) is 11.3 Å². The Hall–Kier alpha value is -2.02. The lowest BCUT2D eigenvalue weighted by Gasteiger charge is -2.06. The minimum absolute atomic E-state index is 0.450. The largest absolute Gasteiger partial charge is 0.451 e. The van der Waals surface area contributed by atoms with Gasteiger partial charge in [0.2, 0.25) is 5.82 Å². The van der Waals surface area contributed by atoms with Crippen molar-refractivity contribution < 1.29 is 13.2 Å². The molecule has 0 aliphatic rings. The molecule has 7 heteroatoms. The number of hydrogen-bond donors (Lipinski definition) is 1. The van der Waals surface area contributed by atoms with Gasteiger partial charge in [-0.3, -0.25) is 4.98 Å². The van der Waals surface area contributed by atoms with E-state index in [9.17, 15) is 13.2 Å². The Morgan fingerprint density at radius 3 is 2.42 bits per heavy atom. The highest BCUT2D eigenvalue weighted by Crippen LogP contribution is 2.26. The van der Waals surface area contributed by atoms with Crippen molar-refractivity contribution >= 4 is 0 Å². The summed E-state index contributed by atoms with van der Waals surface area (Å²) in [4.78, 5) is 10.7. The molecule has 0 aliphatic carbocycles. The molecule has 0 bridgehead atoms. The maximum absolute atomic E-state index is 12.3. The number of nitrogens with zero attached hydrogens (tertiary/aromatic N) is 3. The average molecular weight is 268 g/mol. The summed E-state index contributed by atoms with van der Waals surface area (Å²) >= 11 is 0. The van der Waals surface area contributed by atoms with Crippen LogP contribution in [0.3, 0.4) is 0 Å². The maximum Gasteiger partial charge on any atom is 0.451 e. The van der Waals surface area contributed by atoms with Crippen molar-refractivity contribution in [2.24, 2.45) is 0 Å². The molecule has 0 saturated carbocycles. The second-order valence-corrected chi connectivity index (χ2v) is 3.87. The fourth-order valence-electron chi connectivity index (χ4n) is 1.55. The van der Waals surface area contributed by atoms with Crippen molar-refractivity contribution in [2.45, 2.75) is 12.7 Å². The molecule has 2 aromatic rings.